The van der Waals surface area contributed by atoms with Gasteiger partial charge in [0.15, 0.2) is 0 Å². The van der Waals surface area contributed by atoms with Gasteiger partial charge in [-0.1, -0.05) is 70.2 Å². The van der Waals surface area contributed by atoms with Gasteiger partial charge in [-0.2, -0.15) is 0 Å². The standard InChI is InChI=1S/C39H36N2O2/c1-23-11-7-9-13-35(23)40-24-15-17-26-29-21-34-30(22-33(29)38(2,3)31(26)19-24)27-18-16-25(20-32(27)39(34,4)5)41-36-14-10-8-12-28(36)37(42)43-6/h7-22,40-41H,1-6H3. The lowest BCUT2D eigenvalue weighted by molar-refractivity contribution is 0.0602. The van der Waals surface area contributed by atoms with E-state index < -0.39 is 0 Å². The number of esters is 1. The maximum atomic E-state index is 12.4. The van der Waals surface area contributed by atoms with Crippen LogP contribution in [-0.2, 0) is 15.6 Å². The van der Waals surface area contributed by atoms with E-state index in [0.29, 0.717) is 5.56 Å². The number of ether oxygens (including phenoxy) is 1. The molecule has 0 saturated heterocycles. The van der Waals surface area contributed by atoms with Crippen molar-refractivity contribution >= 4 is 28.7 Å². The number of carbonyl (C=O) groups is 1. The Morgan fingerprint density at radius 2 is 1.05 bits per heavy atom. The number of anilines is 4. The van der Waals surface area contributed by atoms with Gasteiger partial charge in [0.05, 0.1) is 18.4 Å². The maximum Gasteiger partial charge on any atom is 0.339 e. The number of aryl methyl sites for hydroxylation is 1. The fourth-order valence-corrected chi connectivity index (χ4v) is 7.02. The van der Waals surface area contributed by atoms with Crippen molar-refractivity contribution in [3.63, 3.8) is 0 Å². The summed E-state index contributed by atoms with van der Waals surface area (Å²) in [6, 6.07) is 34.1. The third-order valence-corrected chi connectivity index (χ3v) is 9.51. The zero-order valence-electron chi connectivity index (χ0n) is 25.6. The molecule has 0 spiro atoms. The minimum atomic E-state index is -0.354. The quantitative estimate of drug-likeness (QED) is 0.209. The van der Waals surface area contributed by atoms with Crippen LogP contribution >= 0.6 is 0 Å². The Balaban J connectivity index is 1.26. The van der Waals surface area contributed by atoms with Crippen LogP contribution in [0.3, 0.4) is 0 Å². The molecular weight excluding hydrogens is 528 g/mol. The summed E-state index contributed by atoms with van der Waals surface area (Å²) in [5.41, 5.74) is 15.9. The molecule has 2 N–H and O–H groups in total. The number of hydrogen-bond acceptors (Lipinski definition) is 4. The molecule has 2 aliphatic carbocycles. The predicted molar refractivity (Wildman–Crippen MR) is 177 cm³/mol. The molecule has 0 atom stereocenters. The normalized spacial score (nSPS) is 14.7. The van der Waals surface area contributed by atoms with Gasteiger partial charge in [-0.05, 0) is 112 Å². The van der Waals surface area contributed by atoms with E-state index >= 15 is 0 Å². The highest BCUT2D eigenvalue weighted by atomic mass is 16.5. The molecule has 5 aromatic rings. The molecule has 0 aromatic heterocycles. The zero-order chi connectivity index (χ0) is 30.1. The average molecular weight is 565 g/mol. The molecule has 43 heavy (non-hydrogen) atoms. The molecule has 214 valence electrons. The third kappa shape index (κ3) is 4.16. The van der Waals surface area contributed by atoms with Gasteiger partial charge in [0.1, 0.15) is 0 Å². The van der Waals surface area contributed by atoms with Crippen LogP contribution in [0, 0.1) is 6.92 Å². The van der Waals surface area contributed by atoms with E-state index in [4.69, 9.17) is 4.74 Å². The van der Waals surface area contributed by atoms with Gasteiger partial charge in [0.2, 0.25) is 0 Å². The van der Waals surface area contributed by atoms with E-state index in [1.54, 1.807) is 6.07 Å². The molecule has 7 rings (SSSR count). The number of nitrogens with one attached hydrogen (secondary N) is 2. The van der Waals surface area contributed by atoms with Gasteiger partial charge < -0.3 is 15.4 Å². The van der Waals surface area contributed by atoms with Crippen LogP contribution in [0.1, 0.15) is 65.9 Å². The highest BCUT2D eigenvalue weighted by molar-refractivity contribution is 5.97. The molecule has 2 aliphatic rings. The summed E-state index contributed by atoms with van der Waals surface area (Å²) in [7, 11) is 1.41. The first-order valence-corrected chi connectivity index (χ1v) is 14.9. The van der Waals surface area contributed by atoms with E-state index in [2.05, 4.69) is 118 Å². The van der Waals surface area contributed by atoms with Crippen LogP contribution in [0.25, 0.3) is 22.3 Å². The molecular formula is C39H36N2O2. The average Bonchev–Trinajstić information content (AvgIpc) is 3.36. The Morgan fingerprint density at radius 3 is 1.58 bits per heavy atom. The van der Waals surface area contributed by atoms with Crippen LogP contribution in [0.15, 0.2) is 97.1 Å². The van der Waals surface area contributed by atoms with Crippen molar-refractivity contribution in [2.24, 2.45) is 0 Å². The summed E-state index contributed by atoms with van der Waals surface area (Å²) in [4.78, 5) is 12.4. The first-order valence-electron chi connectivity index (χ1n) is 14.9. The third-order valence-electron chi connectivity index (χ3n) is 9.51. The summed E-state index contributed by atoms with van der Waals surface area (Å²) in [5.74, 6) is -0.354. The fourth-order valence-electron chi connectivity index (χ4n) is 7.02. The monoisotopic (exact) mass is 564 g/mol. The zero-order valence-corrected chi connectivity index (χ0v) is 25.6. The van der Waals surface area contributed by atoms with E-state index in [9.17, 15) is 4.79 Å². The number of benzene rings is 5. The van der Waals surface area contributed by atoms with Crippen LogP contribution in [0.5, 0.6) is 0 Å². The Hall–Kier alpha value is -4.83. The molecule has 0 saturated carbocycles. The second-order valence-corrected chi connectivity index (χ2v) is 12.8. The number of para-hydroxylation sites is 2. The fraction of sp³-hybridized carbons (Fsp3) is 0.205. The van der Waals surface area contributed by atoms with E-state index in [0.717, 1.165) is 22.7 Å². The van der Waals surface area contributed by atoms with Crippen LogP contribution in [-0.4, -0.2) is 13.1 Å². The molecule has 0 radical (unpaired) electrons. The van der Waals surface area contributed by atoms with Crippen molar-refractivity contribution in [1.82, 2.24) is 0 Å². The lowest BCUT2D eigenvalue weighted by Gasteiger charge is -2.24. The molecule has 0 bridgehead atoms. The first kappa shape index (κ1) is 27.0. The lowest BCUT2D eigenvalue weighted by atomic mass is 9.79. The molecule has 4 heteroatoms. The van der Waals surface area contributed by atoms with Gasteiger partial charge in [-0.25, -0.2) is 4.79 Å². The number of hydrogen-bond donors (Lipinski definition) is 2. The Bertz CT molecular complexity index is 1950. The molecule has 0 unspecified atom stereocenters. The van der Waals surface area contributed by atoms with E-state index in [-0.39, 0.29) is 16.8 Å². The number of carbonyl (C=O) groups excluding carboxylic acids is 1. The number of rotatable bonds is 5. The Kier molecular flexibility index (Phi) is 6.04. The highest BCUT2D eigenvalue weighted by Gasteiger charge is 2.41. The number of fused-ring (bicyclic) bond motifs is 6. The molecule has 0 aliphatic heterocycles. The van der Waals surface area contributed by atoms with Crippen molar-refractivity contribution in [3.8, 4) is 22.3 Å². The van der Waals surface area contributed by atoms with E-state index in [1.807, 2.05) is 18.2 Å². The maximum absolute atomic E-state index is 12.4. The summed E-state index contributed by atoms with van der Waals surface area (Å²) >= 11 is 0. The van der Waals surface area contributed by atoms with Crippen LogP contribution in [0.2, 0.25) is 0 Å². The molecule has 0 amide bonds. The first-order chi connectivity index (χ1) is 20.6. The van der Waals surface area contributed by atoms with Crippen molar-refractivity contribution in [2.45, 2.75) is 45.4 Å². The smallest absolute Gasteiger partial charge is 0.339 e. The molecule has 5 aromatic carbocycles. The van der Waals surface area contributed by atoms with Crippen molar-refractivity contribution < 1.29 is 9.53 Å². The Morgan fingerprint density at radius 1 is 0.581 bits per heavy atom. The van der Waals surface area contributed by atoms with Crippen molar-refractivity contribution in [3.05, 3.63) is 130 Å². The van der Waals surface area contributed by atoms with Crippen LogP contribution < -0.4 is 10.6 Å². The van der Waals surface area contributed by atoms with Gasteiger partial charge >= 0.3 is 5.97 Å². The Labute approximate surface area is 253 Å². The van der Waals surface area contributed by atoms with Gasteiger partial charge in [-0.3, -0.25) is 0 Å². The van der Waals surface area contributed by atoms with Crippen molar-refractivity contribution in [1.29, 1.82) is 0 Å². The van der Waals surface area contributed by atoms with Gasteiger partial charge in [-0.15, -0.1) is 0 Å². The molecule has 0 heterocycles. The topological polar surface area (TPSA) is 50.4 Å². The molecule has 0 fully saturated rings. The largest absolute Gasteiger partial charge is 0.465 e. The molecule has 4 nitrogen and oxygen atoms in total. The minimum absolute atomic E-state index is 0.130. The summed E-state index contributed by atoms with van der Waals surface area (Å²) in [6.45, 7) is 11.4. The highest BCUT2D eigenvalue weighted by Crippen LogP contribution is 2.56. The van der Waals surface area contributed by atoms with Gasteiger partial charge in [0.25, 0.3) is 0 Å². The predicted octanol–water partition coefficient (Wildman–Crippen LogP) is 9.88. The summed E-state index contributed by atoms with van der Waals surface area (Å²) in [6.07, 6.45) is 0. The SMILES string of the molecule is COC(=O)c1ccccc1Nc1ccc2c(c1)C(C)(C)c1cc3c(cc1-2)C(C)(C)c1cc(Nc2ccccc2C)ccc1-3. The van der Waals surface area contributed by atoms with Gasteiger partial charge in [0, 0.05) is 27.9 Å². The van der Waals surface area contributed by atoms with E-state index in [1.165, 1.54) is 57.2 Å². The second-order valence-electron chi connectivity index (χ2n) is 12.8. The summed E-state index contributed by atoms with van der Waals surface area (Å²) < 4.78 is 5.00. The van der Waals surface area contributed by atoms with Crippen LogP contribution in [0.4, 0.5) is 22.7 Å². The second kappa shape index (κ2) is 9.60. The minimum Gasteiger partial charge on any atom is -0.465 e. The summed E-state index contributed by atoms with van der Waals surface area (Å²) in [5, 5.41) is 7.11. The number of methoxy groups -OCH3 is 1. The van der Waals surface area contributed by atoms with Crippen molar-refractivity contribution in [2.75, 3.05) is 17.7 Å². The lowest BCUT2D eigenvalue weighted by Crippen LogP contribution is -2.17.